The lowest BCUT2D eigenvalue weighted by Crippen LogP contribution is -2.28. The van der Waals surface area contributed by atoms with Crippen molar-refractivity contribution in [3.05, 3.63) is 64.4 Å². The van der Waals surface area contributed by atoms with Crippen LogP contribution in [-0.4, -0.2) is 15.6 Å². The van der Waals surface area contributed by atoms with Crippen molar-refractivity contribution in [2.75, 3.05) is 11.1 Å². The number of nitrogens with one attached hydrogen (secondary N) is 1. The normalized spacial score (nSPS) is 10.7. The summed E-state index contributed by atoms with van der Waals surface area (Å²) in [7, 11) is 1.55. The van der Waals surface area contributed by atoms with Crippen LogP contribution in [0, 0.1) is 0 Å². The van der Waals surface area contributed by atoms with Gasteiger partial charge in [0.2, 0.25) is 0 Å². The summed E-state index contributed by atoms with van der Waals surface area (Å²) in [6, 6.07) is 13.5. The Morgan fingerprint density at radius 3 is 2.52 bits per heavy atom. The zero-order valence-corrected chi connectivity index (χ0v) is 12.4. The number of anilines is 2. The number of nitrogens with zero attached hydrogens (tertiary/aromatic N) is 1. The minimum absolute atomic E-state index is 0.311. The van der Waals surface area contributed by atoms with Gasteiger partial charge in [-0.25, -0.2) is 0 Å². The number of rotatable bonds is 2. The lowest BCUT2D eigenvalue weighted by molar-refractivity contribution is 0.102. The summed E-state index contributed by atoms with van der Waals surface area (Å²) >= 11 is 0. The zero-order valence-electron chi connectivity index (χ0n) is 12.4. The van der Waals surface area contributed by atoms with Crippen molar-refractivity contribution in [1.29, 1.82) is 0 Å². The van der Waals surface area contributed by atoms with Crippen molar-refractivity contribution in [2.45, 2.75) is 0 Å². The smallest absolute Gasteiger partial charge is 0.267 e. The SMILES string of the molecule is Cn1c(=O)c(C(=O)Nc2ccccc2N)c(O)c2ccccc21. The van der Waals surface area contributed by atoms with Gasteiger partial charge >= 0.3 is 0 Å². The third-order valence-electron chi connectivity index (χ3n) is 3.71. The Balaban J connectivity index is 2.15. The molecular formula is C17H15N3O3. The molecule has 4 N–H and O–H groups in total. The summed E-state index contributed by atoms with van der Waals surface area (Å²) in [5, 5.41) is 13.4. The molecule has 6 heteroatoms. The number of nitrogens with two attached hydrogens (primary N) is 1. The number of benzene rings is 2. The van der Waals surface area contributed by atoms with Crippen LogP contribution in [0.3, 0.4) is 0 Å². The van der Waals surface area contributed by atoms with Crippen LogP contribution in [0.25, 0.3) is 10.9 Å². The first-order chi connectivity index (χ1) is 11.0. The fourth-order valence-electron chi connectivity index (χ4n) is 2.48. The second kappa shape index (κ2) is 5.49. The van der Waals surface area contributed by atoms with Gasteiger partial charge in [-0.1, -0.05) is 24.3 Å². The Morgan fingerprint density at radius 1 is 1.13 bits per heavy atom. The van der Waals surface area contributed by atoms with Gasteiger partial charge in [0.15, 0.2) is 0 Å². The molecule has 2 aromatic carbocycles. The number of nitrogen functional groups attached to an aromatic ring is 1. The molecule has 0 saturated carbocycles. The van der Waals surface area contributed by atoms with E-state index in [-0.39, 0.29) is 11.3 Å². The highest BCUT2D eigenvalue weighted by Gasteiger charge is 2.21. The van der Waals surface area contributed by atoms with E-state index in [0.29, 0.717) is 22.3 Å². The number of aromatic nitrogens is 1. The predicted molar refractivity (Wildman–Crippen MR) is 89.7 cm³/mol. The molecule has 116 valence electrons. The first-order valence-corrected chi connectivity index (χ1v) is 6.97. The second-order valence-corrected chi connectivity index (χ2v) is 5.15. The molecule has 0 radical (unpaired) electrons. The quantitative estimate of drug-likeness (QED) is 0.631. The maximum absolute atomic E-state index is 12.5. The van der Waals surface area contributed by atoms with Crippen LogP contribution in [0.5, 0.6) is 5.75 Å². The van der Waals surface area contributed by atoms with E-state index in [0.717, 1.165) is 0 Å². The molecule has 1 heterocycles. The number of para-hydroxylation sites is 3. The van der Waals surface area contributed by atoms with Crippen molar-refractivity contribution in [1.82, 2.24) is 4.57 Å². The number of hydrogen-bond acceptors (Lipinski definition) is 4. The molecule has 1 amide bonds. The average Bonchev–Trinajstić information content (AvgIpc) is 2.55. The topological polar surface area (TPSA) is 97.4 Å². The molecule has 0 spiro atoms. The van der Waals surface area contributed by atoms with Gasteiger partial charge in [-0.2, -0.15) is 0 Å². The largest absolute Gasteiger partial charge is 0.506 e. The first-order valence-electron chi connectivity index (χ1n) is 6.97. The van der Waals surface area contributed by atoms with E-state index in [2.05, 4.69) is 5.32 Å². The third kappa shape index (κ3) is 2.40. The Hall–Kier alpha value is -3.28. The van der Waals surface area contributed by atoms with E-state index >= 15 is 0 Å². The fourth-order valence-corrected chi connectivity index (χ4v) is 2.48. The minimum Gasteiger partial charge on any atom is -0.506 e. The fraction of sp³-hybridized carbons (Fsp3) is 0.0588. The number of pyridine rings is 1. The average molecular weight is 309 g/mol. The predicted octanol–water partition coefficient (Wildman–Crippen LogP) is 2.08. The van der Waals surface area contributed by atoms with E-state index in [4.69, 9.17) is 5.73 Å². The number of carbonyl (C=O) groups excluding carboxylic acids is 1. The third-order valence-corrected chi connectivity index (χ3v) is 3.71. The summed E-state index contributed by atoms with van der Waals surface area (Å²) in [4.78, 5) is 24.9. The monoisotopic (exact) mass is 309 g/mol. The van der Waals surface area contributed by atoms with E-state index in [9.17, 15) is 14.7 Å². The van der Waals surface area contributed by atoms with Crippen molar-refractivity contribution < 1.29 is 9.90 Å². The highest BCUT2D eigenvalue weighted by Crippen LogP contribution is 2.27. The van der Waals surface area contributed by atoms with Crippen molar-refractivity contribution in [2.24, 2.45) is 7.05 Å². The van der Waals surface area contributed by atoms with Gasteiger partial charge in [-0.3, -0.25) is 9.59 Å². The van der Waals surface area contributed by atoms with Crippen molar-refractivity contribution >= 4 is 28.2 Å². The molecule has 6 nitrogen and oxygen atoms in total. The summed E-state index contributed by atoms with van der Waals surface area (Å²) in [6.07, 6.45) is 0. The number of aromatic hydroxyl groups is 1. The van der Waals surface area contributed by atoms with Crippen LogP contribution in [0.1, 0.15) is 10.4 Å². The van der Waals surface area contributed by atoms with Crippen LogP contribution < -0.4 is 16.6 Å². The first kappa shape index (κ1) is 14.6. The minimum atomic E-state index is -0.702. The number of carbonyl (C=O) groups is 1. The number of fused-ring (bicyclic) bond motifs is 1. The summed E-state index contributed by atoms with van der Waals surface area (Å²) in [6.45, 7) is 0. The van der Waals surface area contributed by atoms with Crippen molar-refractivity contribution in [3.63, 3.8) is 0 Å². The van der Waals surface area contributed by atoms with Gasteiger partial charge in [0.25, 0.3) is 11.5 Å². The standard InChI is InChI=1S/C17H15N3O3/c1-20-13-9-5-2-6-10(13)15(21)14(17(20)23)16(22)19-12-8-4-3-7-11(12)18/h2-9,21H,18H2,1H3,(H,19,22). The zero-order chi connectivity index (χ0) is 16.6. The molecule has 0 unspecified atom stereocenters. The number of aryl methyl sites for hydroxylation is 1. The summed E-state index contributed by atoms with van der Waals surface area (Å²) in [5.41, 5.74) is 6.20. The molecule has 1 aromatic heterocycles. The van der Waals surface area contributed by atoms with Gasteiger partial charge in [0.1, 0.15) is 11.3 Å². The molecule has 3 rings (SSSR count). The Labute approximate surface area is 131 Å². The molecule has 0 aliphatic rings. The van der Waals surface area contributed by atoms with Crippen LogP contribution in [-0.2, 0) is 7.05 Å². The van der Waals surface area contributed by atoms with E-state index < -0.39 is 11.5 Å². The lowest BCUT2D eigenvalue weighted by Gasteiger charge is -2.12. The van der Waals surface area contributed by atoms with Gasteiger partial charge in [-0.15, -0.1) is 0 Å². The van der Waals surface area contributed by atoms with Crippen LogP contribution in [0.15, 0.2) is 53.3 Å². The molecule has 0 saturated heterocycles. The molecule has 0 fully saturated rings. The molecule has 3 aromatic rings. The molecular weight excluding hydrogens is 294 g/mol. The molecule has 23 heavy (non-hydrogen) atoms. The van der Waals surface area contributed by atoms with Gasteiger partial charge in [0, 0.05) is 12.4 Å². The highest BCUT2D eigenvalue weighted by molar-refractivity contribution is 6.10. The summed E-state index contributed by atoms with van der Waals surface area (Å²) in [5.74, 6) is -1.04. The maximum atomic E-state index is 12.5. The Morgan fingerprint density at radius 2 is 1.78 bits per heavy atom. The van der Waals surface area contributed by atoms with E-state index in [1.165, 1.54) is 4.57 Å². The molecule has 0 bridgehead atoms. The lowest BCUT2D eigenvalue weighted by atomic mass is 10.1. The number of amides is 1. The second-order valence-electron chi connectivity index (χ2n) is 5.15. The van der Waals surface area contributed by atoms with E-state index in [1.807, 2.05) is 0 Å². The molecule has 0 aliphatic carbocycles. The van der Waals surface area contributed by atoms with Gasteiger partial charge in [-0.05, 0) is 24.3 Å². The summed E-state index contributed by atoms with van der Waals surface area (Å²) < 4.78 is 1.33. The highest BCUT2D eigenvalue weighted by atomic mass is 16.3. The number of hydrogen-bond donors (Lipinski definition) is 3. The van der Waals surface area contributed by atoms with Crippen molar-refractivity contribution in [3.8, 4) is 5.75 Å². The maximum Gasteiger partial charge on any atom is 0.267 e. The van der Waals surface area contributed by atoms with Gasteiger partial charge < -0.3 is 20.7 Å². The van der Waals surface area contributed by atoms with Crippen LogP contribution in [0.4, 0.5) is 11.4 Å². The van der Waals surface area contributed by atoms with Crippen LogP contribution >= 0.6 is 0 Å². The van der Waals surface area contributed by atoms with E-state index in [1.54, 1.807) is 55.6 Å². The van der Waals surface area contributed by atoms with Gasteiger partial charge in [0.05, 0.1) is 16.9 Å². The molecule has 0 atom stereocenters. The Bertz CT molecular complexity index is 976. The van der Waals surface area contributed by atoms with Crippen LogP contribution in [0.2, 0.25) is 0 Å². The molecule has 0 aliphatic heterocycles. The Kier molecular flexibility index (Phi) is 3.50.